The molecule has 0 aliphatic carbocycles. The predicted molar refractivity (Wildman–Crippen MR) is 89.8 cm³/mol. The van der Waals surface area contributed by atoms with Crippen molar-refractivity contribution in [3.63, 3.8) is 0 Å². The third-order valence-corrected chi connectivity index (χ3v) is 4.26. The molecule has 6 nitrogen and oxygen atoms in total. The lowest BCUT2D eigenvalue weighted by Crippen LogP contribution is -2.21. The molecule has 3 rings (SSSR count). The topological polar surface area (TPSA) is 84.8 Å². The second-order valence-corrected chi connectivity index (χ2v) is 7.48. The Balaban J connectivity index is 1.93. The average molecular weight is 328 g/mol. The SMILES string of the molecule is CS(=O)(=O)C[C@H](Nc1ccc2nccnc2n1)c1ccccc1. The van der Waals surface area contributed by atoms with Gasteiger partial charge >= 0.3 is 0 Å². The molecule has 0 aliphatic heterocycles. The van der Waals surface area contributed by atoms with Crippen LogP contribution >= 0.6 is 0 Å². The van der Waals surface area contributed by atoms with Gasteiger partial charge in [0.2, 0.25) is 0 Å². The Bertz CT molecular complexity index is 914. The van der Waals surface area contributed by atoms with E-state index in [1.54, 1.807) is 24.5 Å². The van der Waals surface area contributed by atoms with Crippen molar-refractivity contribution in [1.29, 1.82) is 0 Å². The molecule has 0 aliphatic rings. The van der Waals surface area contributed by atoms with Crippen LogP contribution < -0.4 is 5.32 Å². The van der Waals surface area contributed by atoms with Crippen LogP contribution in [0.2, 0.25) is 0 Å². The van der Waals surface area contributed by atoms with Crippen LogP contribution in [0.25, 0.3) is 11.2 Å². The minimum absolute atomic E-state index is 0.0167. The Hall–Kier alpha value is -2.54. The van der Waals surface area contributed by atoms with Crippen molar-refractivity contribution >= 4 is 26.8 Å². The molecule has 23 heavy (non-hydrogen) atoms. The highest BCUT2D eigenvalue weighted by Gasteiger charge is 2.18. The molecule has 0 saturated heterocycles. The fraction of sp³-hybridized carbons (Fsp3) is 0.188. The number of hydrogen-bond donors (Lipinski definition) is 1. The maximum atomic E-state index is 11.7. The molecule has 0 spiro atoms. The van der Waals surface area contributed by atoms with Crippen LogP contribution in [0.1, 0.15) is 11.6 Å². The monoisotopic (exact) mass is 328 g/mol. The molecule has 3 aromatic rings. The molecule has 1 atom stereocenters. The average Bonchev–Trinajstić information content (AvgIpc) is 2.54. The second kappa shape index (κ2) is 6.29. The van der Waals surface area contributed by atoms with E-state index < -0.39 is 9.84 Å². The Morgan fingerprint density at radius 2 is 1.78 bits per heavy atom. The van der Waals surface area contributed by atoms with E-state index >= 15 is 0 Å². The van der Waals surface area contributed by atoms with Gasteiger partial charge in [0.1, 0.15) is 21.2 Å². The van der Waals surface area contributed by atoms with Crippen LogP contribution in [0.3, 0.4) is 0 Å². The van der Waals surface area contributed by atoms with Gasteiger partial charge in [-0.25, -0.2) is 18.4 Å². The van der Waals surface area contributed by atoms with E-state index in [-0.39, 0.29) is 11.8 Å². The number of fused-ring (bicyclic) bond motifs is 1. The summed E-state index contributed by atoms with van der Waals surface area (Å²) in [6, 6.07) is 12.6. The van der Waals surface area contributed by atoms with Crippen LogP contribution in [0.4, 0.5) is 5.82 Å². The first-order chi connectivity index (χ1) is 11.0. The number of nitrogens with zero attached hydrogens (tertiary/aromatic N) is 3. The summed E-state index contributed by atoms with van der Waals surface area (Å²) in [5.41, 5.74) is 2.10. The van der Waals surface area contributed by atoms with Crippen molar-refractivity contribution in [2.45, 2.75) is 6.04 Å². The fourth-order valence-electron chi connectivity index (χ4n) is 2.32. The molecule has 0 amide bonds. The summed E-state index contributed by atoms with van der Waals surface area (Å²) >= 11 is 0. The van der Waals surface area contributed by atoms with Gasteiger partial charge in [-0.05, 0) is 17.7 Å². The summed E-state index contributed by atoms with van der Waals surface area (Å²) in [4.78, 5) is 12.7. The van der Waals surface area contributed by atoms with E-state index in [1.807, 2.05) is 30.3 Å². The van der Waals surface area contributed by atoms with Gasteiger partial charge in [0.05, 0.1) is 11.8 Å². The lowest BCUT2D eigenvalue weighted by atomic mass is 10.1. The zero-order valence-electron chi connectivity index (χ0n) is 12.5. The first kappa shape index (κ1) is 15.4. The molecule has 118 valence electrons. The van der Waals surface area contributed by atoms with Gasteiger partial charge in [-0.15, -0.1) is 0 Å². The molecular weight excluding hydrogens is 312 g/mol. The number of pyridine rings is 1. The van der Waals surface area contributed by atoms with Crippen molar-refractivity contribution in [1.82, 2.24) is 15.0 Å². The fourth-order valence-corrected chi connectivity index (χ4v) is 3.20. The number of hydrogen-bond acceptors (Lipinski definition) is 6. The number of sulfone groups is 1. The summed E-state index contributed by atoms with van der Waals surface area (Å²) in [5, 5.41) is 3.19. The molecule has 1 aromatic carbocycles. The second-order valence-electron chi connectivity index (χ2n) is 5.30. The molecular formula is C16H16N4O2S. The maximum absolute atomic E-state index is 11.7. The highest BCUT2D eigenvalue weighted by atomic mass is 32.2. The number of rotatable bonds is 5. The highest BCUT2D eigenvalue weighted by Crippen LogP contribution is 2.21. The molecule has 0 bridgehead atoms. The lowest BCUT2D eigenvalue weighted by Gasteiger charge is -2.19. The molecule has 1 N–H and O–H groups in total. The summed E-state index contributed by atoms with van der Waals surface area (Å²) < 4.78 is 23.5. The zero-order chi connectivity index (χ0) is 16.3. The van der Waals surface area contributed by atoms with Gasteiger partial charge in [0, 0.05) is 18.6 Å². The first-order valence-electron chi connectivity index (χ1n) is 7.08. The van der Waals surface area contributed by atoms with Crippen LogP contribution in [-0.2, 0) is 9.84 Å². The molecule has 0 saturated carbocycles. The summed E-state index contributed by atoms with van der Waals surface area (Å²) in [6.45, 7) is 0. The third-order valence-electron chi connectivity index (χ3n) is 3.33. The van der Waals surface area contributed by atoms with Gasteiger partial charge in [0.15, 0.2) is 5.65 Å². The van der Waals surface area contributed by atoms with E-state index in [2.05, 4.69) is 20.3 Å². The Labute approximate surface area is 134 Å². The van der Waals surface area contributed by atoms with Gasteiger partial charge in [0.25, 0.3) is 0 Å². The van der Waals surface area contributed by atoms with Gasteiger partial charge in [-0.1, -0.05) is 30.3 Å². The zero-order valence-corrected chi connectivity index (χ0v) is 13.4. The Kier molecular flexibility index (Phi) is 4.20. The van der Waals surface area contributed by atoms with Crippen LogP contribution in [0.5, 0.6) is 0 Å². The molecule has 0 radical (unpaired) electrons. The lowest BCUT2D eigenvalue weighted by molar-refractivity contribution is 0.597. The van der Waals surface area contributed by atoms with E-state index in [0.29, 0.717) is 17.0 Å². The van der Waals surface area contributed by atoms with Crippen LogP contribution in [0.15, 0.2) is 54.9 Å². The Morgan fingerprint density at radius 3 is 2.52 bits per heavy atom. The van der Waals surface area contributed by atoms with Crippen molar-refractivity contribution < 1.29 is 8.42 Å². The van der Waals surface area contributed by atoms with E-state index in [4.69, 9.17) is 0 Å². The van der Waals surface area contributed by atoms with Gasteiger partial charge in [-0.3, -0.25) is 4.98 Å². The van der Waals surface area contributed by atoms with E-state index in [0.717, 1.165) is 5.56 Å². The standard InChI is InChI=1S/C16H16N4O2S/c1-23(21,22)11-14(12-5-3-2-4-6-12)19-15-8-7-13-16(20-15)18-10-9-17-13/h2-10,14H,11H2,1H3,(H,18,19,20)/t14-/m0/s1. The largest absolute Gasteiger partial charge is 0.362 e. The summed E-state index contributed by atoms with van der Waals surface area (Å²) in [7, 11) is -3.15. The highest BCUT2D eigenvalue weighted by molar-refractivity contribution is 7.90. The van der Waals surface area contributed by atoms with Crippen molar-refractivity contribution in [2.75, 3.05) is 17.3 Å². The number of benzene rings is 1. The van der Waals surface area contributed by atoms with Crippen molar-refractivity contribution in [3.8, 4) is 0 Å². The minimum atomic E-state index is -3.15. The number of anilines is 1. The maximum Gasteiger partial charge on any atom is 0.180 e. The summed E-state index contributed by atoms with van der Waals surface area (Å²) in [6.07, 6.45) is 4.40. The molecule has 0 fully saturated rings. The normalized spacial score (nSPS) is 12.9. The number of nitrogens with one attached hydrogen (secondary N) is 1. The van der Waals surface area contributed by atoms with E-state index in [1.165, 1.54) is 6.26 Å². The predicted octanol–water partition coefficient (Wildman–Crippen LogP) is 2.22. The molecule has 2 aromatic heterocycles. The Morgan fingerprint density at radius 1 is 1.04 bits per heavy atom. The van der Waals surface area contributed by atoms with Crippen molar-refractivity contribution in [2.24, 2.45) is 0 Å². The van der Waals surface area contributed by atoms with E-state index in [9.17, 15) is 8.42 Å². The van der Waals surface area contributed by atoms with Gasteiger partial charge < -0.3 is 5.32 Å². The molecule has 0 unspecified atom stereocenters. The van der Waals surface area contributed by atoms with Crippen LogP contribution in [-0.4, -0.2) is 35.4 Å². The van der Waals surface area contributed by atoms with Gasteiger partial charge in [-0.2, -0.15) is 0 Å². The quantitative estimate of drug-likeness (QED) is 0.773. The minimum Gasteiger partial charge on any atom is -0.362 e. The van der Waals surface area contributed by atoms with Crippen molar-refractivity contribution in [3.05, 3.63) is 60.4 Å². The van der Waals surface area contributed by atoms with Crippen LogP contribution in [0, 0.1) is 0 Å². The smallest absolute Gasteiger partial charge is 0.180 e. The molecule has 2 heterocycles. The number of aromatic nitrogens is 3. The molecule has 7 heteroatoms. The summed E-state index contributed by atoms with van der Waals surface area (Å²) in [5.74, 6) is 0.549. The first-order valence-corrected chi connectivity index (χ1v) is 9.14. The third kappa shape index (κ3) is 4.01.